The average molecular weight is 541 g/mol. The number of hydroxylamine groups is 2. The first kappa shape index (κ1) is 28.7. The van der Waals surface area contributed by atoms with Crippen molar-refractivity contribution in [2.24, 2.45) is 0 Å². The molecule has 3 rings (SSSR count). The third-order valence-corrected chi connectivity index (χ3v) is 8.11. The summed E-state index contributed by atoms with van der Waals surface area (Å²) in [5, 5.41) is 1.35. The Bertz CT molecular complexity index is 908. The van der Waals surface area contributed by atoms with Crippen molar-refractivity contribution in [3.63, 3.8) is 0 Å². The summed E-state index contributed by atoms with van der Waals surface area (Å²) in [5.74, 6) is -0.111. The van der Waals surface area contributed by atoms with Crippen LogP contribution in [0.1, 0.15) is 30.6 Å². The Kier molecular flexibility index (Phi) is 10.4. The quantitative estimate of drug-likeness (QED) is 0.309. The molecule has 0 aliphatic carbocycles. The lowest BCUT2D eigenvalue weighted by atomic mass is 9.99. The van der Waals surface area contributed by atoms with Crippen molar-refractivity contribution < 1.29 is 23.8 Å². The normalized spacial score (nSPS) is 23.4. The van der Waals surface area contributed by atoms with Crippen molar-refractivity contribution in [1.29, 1.82) is 0 Å². The molecule has 2 aliphatic rings. The fourth-order valence-corrected chi connectivity index (χ4v) is 5.49. The van der Waals surface area contributed by atoms with Crippen molar-refractivity contribution in [2.45, 2.75) is 43.8 Å². The molecule has 0 saturated carbocycles. The number of hydrogen-bond donors (Lipinski definition) is 1. The van der Waals surface area contributed by atoms with Crippen molar-refractivity contribution in [3.05, 3.63) is 30.1 Å². The number of carbonyl (C=O) groups excluding carboxylic acids is 3. The van der Waals surface area contributed by atoms with E-state index in [0.29, 0.717) is 30.9 Å². The molecule has 3 amide bonds. The number of thioether (sulfide) groups is 1. The lowest BCUT2D eigenvalue weighted by Gasteiger charge is -2.53. The van der Waals surface area contributed by atoms with Crippen LogP contribution in [0.2, 0.25) is 0 Å². The second kappa shape index (κ2) is 13.1. The lowest BCUT2D eigenvalue weighted by molar-refractivity contribution is -0.172. The van der Waals surface area contributed by atoms with Crippen LogP contribution >= 0.6 is 11.8 Å². The maximum atomic E-state index is 13.7. The molecule has 4 atom stereocenters. The molecule has 1 aromatic rings. The highest BCUT2D eigenvalue weighted by Gasteiger charge is 2.52. The van der Waals surface area contributed by atoms with Gasteiger partial charge in [-0.2, -0.15) is 16.8 Å². The van der Waals surface area contributed by atoms with Crippen LogP contribution in [0.3, 0.4) is 0 Å². The smallest absolute Gasteiger partial charge is 0.257 e. The Morgan fingerprint density at radius 1 is 1.33 bits per heavy atom. The molecule has 2 unspecified atom stereocenters. The molecule has 36 heavy (non-hydrogen) atoms. The van der Waals surface area contributed by atoms with E-state index in [4.69, 9.17) is 4.84 Å². The molecule has 2 aliphatic heterocycles. The number of fused-ring (bicyclic) bond motifs is 1. The van der Waals surface area contributed by atoms with Crippen LogP contribution in [0.4, 0.5) is 0 Å². The number of carbonyl (C=O) groups is 3. The molecule has 0 bridgehead atoms. The van der Waals surface area contributed by atoms with Crippen LogP contribution in [0.15, 0.2) is 24.5 Å². The van der Waals surface area contributed by atoms with E-state index < -0.39 is 29.6 Å². The SMILES string of the molecule is CSCC[C@H]1C(=O)N(CCON(C)C)CC2N(C(=O)c3cccnc3)C[C@H](N[S+]([O-])C(C)C)C(=O)N21. The molecule has 11 nitrogen and oxygen atoms in total. The molecule has 13 heteroatoms. The first-order valence-corrected chi connectivity index (χ1v) is 14.5. The molecule has 1 N–H and O–H groups in total. The molecule has 0 radical (unpaired) electrons. The average Bonchev–Trinajstić information content (AvgIpc) is 2.85. The van der Waals surface area contributed by atoms with Crippen LogP contribution in [-0.2, 0) is 25.8 Å². The van der Waals surface area contributed by atoms with E-state index in [1.807, 2.05) is 6.26 Å². The summed E-state index contributed by atoms with van der Waals surface area (Å²) in [7, 11) is 3.53. The minimum Gasteiger partial charge on any atom is -0.598 e. The summed E-state index contributed by atoms with van der Waals surface area (Å²) in [6.45, 7) is 4.41. The predicted molar refractivity (Wildman–Crippen MR) is 139 cm³/mol. The van der Waals surface area contributed by atoms with Crippen LogP contribution in [0, 0.1) is 0 Å². The van der Waals surface area contributed by atoms with Gasteiger partial charge in [0.1, 0.15) is 23.5 Å². The number of nitrogens with zero attached hydrogens (tertiary/aromatic N) is 5. The van der Waals surface area contributed by atoms with Crippen LogP contribution in [0.25, 0.3) is 0 Å². The van der Waals surface area contributed by atoms with Crippen molar-refractivity contribution in [3.8, 4) is 0 Å². The third-order valence-electron chi connectivity index (χ3n) is 6.09. The summed E-state index contributed by atoms with van der Waals surface area (Å²) in [4.78, 5) is 55.3. The van der Waals surface area contributed by atoms with Gasteiger partial charge in [0.2, 0.25) is 11.8 Å². The van der Waals surface area contributed by atoms with Gasteiger partial charge in [0.05, 0.1) is 25.3 Å². The summed E-state index contributed by atoms with van der Waals surface area (Å²) in [5.41, 5.74) is 0.385. The van der Waals surface area contributed by atoms with E-state index in [2.05, 4.69) is 9.71 Å². The van der Waals surface area contributed by atoms with E-state index in [0.717, 1.165) is 0 Å². The molecular weight excluding hydrogens is 504 g/mol. The van der Waals surface area contributed by atoms with Crippen molar-refractivity contribution >= 4 is 40.8 Å². The van der Waals surface area contributed by atoms with Crippen molar-refractivity contribution in [1.82, 2.24) is 29.5 Å². The molecule has 2 fully saturated rings. The minimum absolute atomic E-state index is 0.0393. The largest absolute Gasteiger partial charge is 0.598 e. The highest BCUT2D eigenvalue weighted by atomic mass is 32.2. The summed E-state index contributed by atoms with van der Waals surface area (Å²) >= 11 is 0.103. The summed E-state index contributed by atoms with van der Waals surface area (Å²) < 4.78 is 15.5. The van der Waals surface area contributed by atoms with Gasteiger partial charge in [0.25, 0.3) is 5.91 Å². The fraction of sp³-hybridized carbons (Fsp3) is 0.652. The van der Waals surface area contributed by atoms with Gasteiger partial charge >= 0.3 is 0 Å². The number of rotatable bonds is 11. The Morgan fingerprint density at radius 3 is 2.69 bits per heavy atom. The van der Waals surface area contributed by atoms with Gasteiger partial charge < -0.3 is 19.3 Å². The second-order valence-corrected chi connectivity index (χ2v) is 11.9. The van der Waals surface area contributed by atoms with Gasteiger partial charge in [-0.25, -0.2) is 0 Å². The first-order chi connectivity index (χ1) is 17.1. The monoisotopic (exact) mass is 540 g/mol. The van der Waals surface area contributed by atoms with Gasteiger partial charge in [0, 0.05) is 44.4 Å². The Labute approximate surface area is 220 Å². The van der Waals surface area contributed by atoms with Crippen LogP contribution in [-0.4, -0.2) is 123 Å². The number of nitrogens with one attached hydrogen (secondary N) is 1. The number of aromatic nitrogens is 1. The van der Waals surface area contributed by atoms with Gasteiger partial charge in [-0.15, -0.1) is 4.72 Å². The van der Waals surface area contributed by atoms with Gasteiger partial charge in [-0.1, -0.05) is 0 Å². The number of piperazine rings is 1. The molecule has 0 aromatic carbocycles. The highest BCUT2D eigenvalue weighted by Crippen LogP contribution is 2.29. The molecule has 0 spiro atoms. The van der Waals surface area contributed by atoms with Crippen LogP contribution in [0.5, 0.6) is 0 Å². The van der Waals surface area contributed by atoms with Gasteiger partial charge in [0.15, 0.2) is 0 Å². The van der Waals surface area contributed by atoms with E-state index in [1.54, 1.807) is 72.9 Å². The number of hydrogen-bond acceptors (Lipinski definition) is 9. The molecule has 2 saturated heterocycles. The maximum absolute atomic E-state index is 13.7. The molecular formula is C23H36N6O5S2. The second-order valence-electron chi connectivity index (χ2n) is 9.17. The van der Waals surface area contributed by atoms with Crippen LogP contribution < -0.4 is 4.72 Å². The molecule has 1 aromatic heterocycles. The van der Waals surface area contributed by atoms with Gasteiger partial charge in [-0.3, -0.25) is 24.2 Å². The first-order valence-electron chi connectivity index (χ1n) is 11.9. The maximum Gasteiger partial charge on any atom is 0.257 e. The van der Waals surface area contributed by atoms with Gasteiger partial charge in [-0.05, 0) is 44.4 Å². The molecule has 200 valence electrons. The van der Waals surface area contributed by atoms with E-state index >= 15 is 0 Å². The number of pyridine rings is 1. The Hall–Kier alpha value is -1.90. The van der Waals surface area contributed by atoms with E-state index in [1.165, 1.54) is 11.1 Å². The predicted octanol–water partition coefficient (Wildman–Crippen LogP) is 0.180. The lowest BCUT2D eigenvalue weighted by Crippen LogP contribution is -2.76. The Morgan fingerprint density at radius 2 is 2.08 bits per heavy atom. The van der Waals surface area contributed by atoms with E-state index in [9.17, 15) is 18.9 Å². The fourth-order valence-electron chi connectivity index (χ4n) is 4.30. The zero-order valence-electron chi connectivity index (χ0n) is 21.5. The zero-order valence-corrected chi connectivity index (χ0v) is 23.1. The Balaban J connectivity index is 1.97. The molecule has 3 heterocycles. The summed E-state index contributed by atoms with van der Waals surface area (Å²) in [6.07, 6.45) is 4.81. The topological polar surface area (TPSA) is 121 Å². The van der Waals surface area contributed by atoms with E-state index in [-0.39, 0.29) is 36.1 Å². The number of amides is 3. The zero-order chi connectivity index (χ0) is 26.4. The highest BCUT2D eigenvalue weighted by molar-refractivity contribution is 7.98. The minimum atomic E-state index is -1.48. The summed E-state index contributed by atoms with van der Waals surface area (Å²) in [6, 6.07) is 1.73. The van der Waals surface area contributed by atoms with Crippen molar-refractivity contribution in [2.75, 3.05) is 52.3 Å². The third kappa shape index (κ3) is 6.69. The standard InChI is InChI=1S/C23H36N6O5S2/c1-16(2)36(33)25-18-14-28(21(30)17-7-6-9-24-13-17)20-15-27(10-11-34-26(3)4)23(32)19(8-12-35-5)29(20)22(18)31/h6-7,9,13,16,18-20,25H,8,10-12,14-15H2,1-5H3/t18-,19-,20?,36?/m0/s1.